The lowest BCUT2D eigenvalue weighted by molar-refractivity contribution is 0.843. The first kappa shape index (κ1) is 11.4. The van der Waals surface area contributed by atoms with E-state index in [1.54, 1.807) is 0 Å². The first-order chi connectivity index (χ1) is 7.88. The van der Waals surface area contributed by atoms with Crippen molar-refractivity contribution in [2.45, 2.75) is 19.3 Å². The summed E-state index contributed by atoms with van der Waals surface area (Å²) >= 11 is 1.91. The monoisotopic (exact) mass is 231 g/mol. The average Bonchev–Trinajstić information content (AvgIpc) is 2.75. The SMILES string of the molecule is NCCCc1ccc(Cc2ccccc2)s1. The van der Waals surface area contributed by atoms with Gasteiger partial charge in [-0.25, -0.2) is 0 Å². The van der Waals surface area contributed by atoms with Crippen LogP contribution in [0.4, 0.5) is 0 Å². The number of aryl methyl sites for hydroxylation is 1. The fourth-order valence-corrected chi connectivity index (χ4v) is 2.82. The molecule has 1 aromatic carbocycles. The van der Waals surface area contributed by atoms with Crippen LogP contribution in [-0.4, -0.2) is 6.54 Å². The van der Waals surface area contributed by atoms with Gasteiger partial charge in [0.25, 0.3) is 0 Å². The minimum atomic E-state index is 0.784. The van der Waals surface area contributed by atoms with Crippen LogP contribution >= 0.6 is 11.3 Å². The quantitative estimate of drug-likeness (QED) is 0.840. The molecule has 0 aliphatic carbocycles. The fourth-order valence-electron chi connectivity index (χ4n) is 1.73. The van der Waals surface area contributed by atoms with E-state index in [0.29, 0.717) is 0 Å². The van der Waals surface area contributed by atoms with Crippen molar-refractivity contribution in [1.82, 2.24) is 0 Å². The van der Waals surface area contributed by atoms with E-state index in [1.165, 1.54) is 15.3 Å². The lowest BCUT2D eigenvalue weighted by Crippen LogP contribution is -1.99. The van der Waals surface area contributed by atoms with Gasteiger partial charge < -0.3 is 5.73 Å². The molecule has 0 bridgehead atoms. The summed E-state index contributed by atoms with van der Waals surface area (Å²) in [6, 6.07) is 15.1. The van der Waals surface area contributed by atoms with Crippen molar-refractivity contribution in [1.29, 1.82) is 0 Å². The van der Waals surface area contributed by atoms with Crippen LogP contribution in [0.3, 0.4) is 0 Å². The average molecular weight is 231 g/mol. The fraction of sp³-hybridized carbons (Fsp3) is 0.286. The molecule has 2 rings (SSSR count). The van der Waals surface area contributed by atoms with Crippen LogP contribution in [0, 0.1) is 0 Å². The van der Waals surface area contributed by atoms with E-state index in [2.05, 4.69) is 42.5 Å². The van der Waals surface area contributed by atoms with Crippen LogP contribution in [-0.2, 0) is 12.8 Å². The van der Waals surface area contributed by atoms with Crippen LogP contribution in [0.1, 0.15) is 21.7 Å². The molecule has 0 saturated carbocycles. The van der Waals surface area contributed by atoms with Gasteiger partial charge in [0.1, 0.15) is 0 Å². The van der Waals surface area contributed by atoms with Crippen molar-refractivity contribution in [3.05, 3.63) is 57.8 Å². The maximum atomic E-state index is 5.51. The summed E-state index contributed by atoms with van der Waals surface area (Å²) in [5.74, 6) is 0. The summed E-state index contributed by atoms with van der Waals surface area (Å²) in [6.45, 7) is 0.784. The zero-order valence-electron chi connectivity index (χ0n) is 9.36. The highest BCUT2D eigenvalue weighted by Gasteiger charge is 2.01. The van der Waals surface area contributed by atoms with Crippen LogP contribution < -0.4 is 5.73 Å². The third-order valence-corrected chi connectivity index (χ3v) is 3.71. The Labute approximate surface area is 101 Å². The topological polar surface area (TPSA) is 26.0 Å². The predicted octanol–water partition coefficient (Wildman–Crippen LogP) is 3.23. The van der Waals surface area contributed by atoms with Crippen molar-refractivity contribution < 1.29 is 0 Å². The van der Waals surface area contributed by atoms with Gasteiger partial charge in [0, 0.05) is 16.2 Å². The first-order valence-electron chi connectivity index (χ1n) is 5.70. The molecule has 0 fully saturated rings. The smallest absolute Gasteiger partial charge is 0.00919 e. The number of rotatable bonds is 5. The van der Waals surface area contributed by atoms with E-state index in [9.17, 15) is 0 Å². The van der Waals surface area contributed by atoms with Gasteiger partial charge in [-0.05, 0) is 37.1 Å². The molecule has 1 aromatic heterocycles. The number of thiophene rings is 1. The van der Waals surface area contributed by atoms with Crippen LogP contribution in [0.25, 0.3) is 0 Å². The van der Waals surface area contributed by atoms with Gasteiger partial charge in [0.15, 0.2) is 0 Å². The Morgan fingerprint density at radius 1 is 0.938 bits per heavy atom. The van der Waals surface area contributed by atoms with Crippen LogP contribution in [0.2, 0.25) is 0 Å². The van der Waals surface area contributed by atoms with Crippen LogP contribution in [0.15, 0.2) is 42.5 Å². The van der Waals surface area contributed by atoms with Crippen LogP contribution in [0.5, 0.6) is 0 Å². The Morgan fingerprint density at radius 2 is 1.69 bits per heavy atom. The summed E-state index contributed by atoms with van der Waals surface area (Å²) in [7, 11) is 0. The minimum Gasteiger partial charge on any atom is -0.330 e. The Kier molecular flexibility index (Phi) is 4.14. The van der Waals surface area contributed by atoms with Gasteiger partial charge in [-0.15, -0.1) is 11.3 Å². The highest BCUT2D eigenvalue weighted by atomic mass is 32.1. The van der Waals surface area contributed by atoms with Gasteiger partial charge in [-0.1, -0.05) is 30.3 Å². The molecule has 0 radical (unpaired) electrons. The molecule has 0 aliphatic heterocycles. The van der Waals surface area contributed by atoms with E-state index in [-0.39, 0.29) is 0 Å². The Hall–Kier alpha value is -1.12. The molecule has 1 nitrogen and oxygen atoms in total. The van der Waals surface area contributed by atoms with E-state index >= 15 is 0 Å². The largest absolute Gasteiger partial charge is 0.330 e. The van der Waals surface area contributed by atoms with Crippen molar-refractivity contribution in [2.24, 2.45) is 5.73 Å². The number of hydrogen-bond acceptors (Lipinski definition) is 2. The van der Waals surface area contributed by atoms with Crippen molar-refractivity contribution >= 4 is 11.3 Å². The summed E-state index contributed by atoms with van der Waals surface area (Å²) in [6.07, 6.45) is 3.26. The second-order valence-corrected chi connectivity index (χ2v) is 5.18. The van der Waals surface area contributed by atoms with Gasteiger partial charge in [-0.3, -0.25) is 0 Å². The zero-order valence-corrected chi connectivity index (χ0v) is 10.2. The van der Waals surface area contributed by atoms with Gasteiger partial charge in [0.2, 0.25) is 0 Å². The highest BCUT2D eigenvalue weighted by Crippen LogP contribution is 2.20. The first-order valence-corrected chi connectivity index (χ1v) is 6.52. The number of hydrogen-bond donors (Lipinski definition) is 1. The molecule has 2 N–H and O–H groups in total. The standard InChI is InChI=1S/C14H17NS/c15-10-4-7-13-8-9-14(16-13)11-12-5-2-1-3-6-12/h1-3,5-6,8-9H,4,7,10-11,15H2. The maximum absolute atomic E-state index is 5.51. The van der Waals surface area contributed by atoms with Gasteiger partial charge in [0.05, 0.1) is 0 Å². The number of benzene rings is 1. The molecule has 0 amide bonds. The molecule has 2 heteroatoms. The normalized spacial score (nSPS) is 10.6. The molecule has 0 saturated heterocycles. The summed E-state index contributed by atoms with van der Waals surface area (Å²) in [5, 5.41) is 0. The minimum absolute atomic E-state index is 0.784. The molecule has 2 aromatic rings. The zero-order chi connectivity index (χ0) is 11.2. The molecule has 0 spiro atoms. The second-order valence-electron chi connectivity index (χ2n) is 3.92. The predicted molar refractivity (Wildman–Crippen MR) is 70.9 cm³/mol. The maximum Gasteiger partial charge on any atom is 0.00919 e. The van der Waals surface area contributed by atoms with E-state index < -0.39 is 0 Å². The lowest BCUT2D eigenvalue weighted by atomic mass is 10.1. The Morgan fingerprint density at radius 3 is 2.44 bits per heavy atom. The van der Waals surface area contributed by atoms with E-state index in [0.717, 1.165) is 25.8 Å². The van der Waals surface area contributed by atoms with Gasteiger partial charge >= 0.3 is 0 Å². The third kappa shape index (κ3) is 3.19. The molecule has 1 heterocycles. The second kappa shape index (κ2) is 5.83. The third-order valence-electron chi connectivity index (χ3n) is 2.57. The highest BCUT2D eigenvalue weighted by molar-refractivity contribution is 7.12. The molecule has 84 valence electrons. The van der Waals surface area contributed by atoms with E-state index in [4.69, 9.17) is 5.73 Å². The Bertz CT molecular complexity index is 419. The van der Waals surface area contributed by atoms with Crippen molar-refractivity contribution in [3.8, 4) is 0 Å². The van der Waals surface area contributed by atoms with Gasteiger partial charge in [-0.2, -0.15) is 0 Å². The lowest BCUT2D eigenvalue weighted by Gasteiger charge is -1.97. The molecular formula is C14H17NS. The van der Waals surface area contributed by atoms with Crippen molar-refractivity contribution in [3.63, 3.8) is 0 Å². The molecule has 0 unspecified atom stereocenters. The van der Waals surface area contributed by atoms with E-state index in [1.807, 2.05) is 11.3 Å². The van der Waals surface area contributed by atoms with Crippen molar-refractivity contribution in [2.75, 3.05) is 6.54 Å². The molecular weight excluding hydrogens is 214 g/mol. The summed E-state index contributed by atoms with van der Waals surface area (Å²) in [4.78, 5) is 2.90. The molecule has 16 heavy (non-hydrogen) atoms. The Balaban J connectivity index is 1.97. The number of nitrogens with two attached hydrogens (primary N) is 1. The molecule has 0 aliphatic rings. The summed E-state index contributed by atoms with van der Waals surface area (Å²) < 4.78 is 0. The molecule has 0 atom stereocenters. The summed E-state index contributed by atoms with van der Waals surface area (Å²) in [5.41, 5.74) is 6.90.